The largest absolute Gasteiger partial charge is 0.481 e. The van der Waals surface area contributed by atoms with Crippen molar-refractivity contribution in [2.75, 3.05) is 44.7 Å². The highest BCUT2D eigenvalue weighted by atomic mass is 16.5. The summed E-state index contributed by atoms with van der Waals surface area (Å²) < 4.78 is 5.24. The standard InChI is InChI=1S/C17H28N4O/c1-14(2)10-20-8-6-17(11-20)5-4-7-21(12-17)15-9-16(22-3)19-13-18-15/h9,13-14H,4-8,10-12H2,1-3H3/t17-/m0/s1. The third kappa shape index (κ3) is 3.35. The lowest BCUT2D eigenvalue weighted by Gasteiger charge is -2.41. The first-order valence-corrected chi connectivity index (χ1v) is 8.44. The van der Waals surface area contributed by atoms with E-state index in [1.807, 2.05) is 6.07 Å². The minimum atomic E-state index is 0.450. The zero-order valence-electron chi connectivity index (χ0n) is 14.1. The summed E-state index contributed by atoms with van der Waals surface area (Å²) in [4.78, 5) is 13.6. The molecule has 1 spiro atoms. The third-order valence-electron chi connectivity index (χ3n) is 4.96. The average molecular weight is 304 g/mol. The number of methoxy groups -OCH3 is 1. The number of hydrogen-bond donors (Lipinski definition) is 0. The fourth-order valence-corrected chi connectivity index (χ4v) is 4.05. The molecule has 0 aromatic carbocycles. The van der Waals surface area contributed by atoms with Crippen LogP contribution in [-0.4, -0.2) is 54.7 Å². The van der Waals surface area contributed by atoms with E-state index in [1.54, 1.807) is 13.4 Å². The van der Waals surface area contributed by atoms with Crippen LogP contribution >= 0.6 is 0 Å². The molecule has 1 aromatic heterocycles. The van der Waals surface area contributed by atoms with E-state index in [-0.39, 0.29) is 0 Å². The summed E-state index contributed by atoms with van der Waals surface area (Å²) >= 11 is 0. The Morgan fingerprint density at radius 3 is 2.86 bits per heavy atom. The molecule has 5 nitrogen and oxygen atoms in total. The van der Waals surface area contributed by atoms with E-state index in [0.717, 1.165) is 24.8 Å². The second kappa shape index (κ2) is 6.41. The van der Waals surface area contributed by atoms with Crippen molar-refractivity contribution in [3.63, 3.8) is 0 Å². The van der Waals surface area contributed by atoms with Gasteiger partial charge in [0.1, 0.15) is 12.1 Å². The molecule has 2 fully saturated rings. The van der Waals surface area contributed by atoms with Crippen LogP contribution in [0.3, 0.4) is 0 Å². The molecule has 1 atom stereocenters. The maximum absolute atomic E-state index is 5.24. The molecule has 5 heteroatoms. The molecule has 0 radical (unpaired) electrons. The summed E-state index contributed by atoms with van der Waals surface area (Å²) in [5.74, 6) is 2.41. The first kappa shape index (κ1) is 15.5. The smallest absolute Gasteiger partial charge is 0.218 e. The number of piperidine rings is 1. The van der Waals surface area contributed by atoms with Gasteiger partial charge in [0.2, 0.25) is 5.88 Å². The van der Waals surface area contributed by atoms with Gasteiger partial charge in [-0.25, -0.2) is 9.97 Å². The lowest BCUT2D eigenvalue weighted by molar-refractivity contribution is 0.209. The van der Waals surface area contributed by atoms with Crippen molar-refractivity contribution < 1.29 is 4.74 Å². The van der Waals surface area contributed by atoms with E-state index in [9.17, 15) is 0 Å². The van der Waals surface area contributed by atoms with Gasteiger partial charge < -0.3 is 14.5 Å². The Morgan fingerprint density at radius 1 is 1.23 bits per heavy atom. The predicted octanol–water partition coefficient (Wildman–Crippen LogP) is 2.43. The highest BCUT2D eigenvalue weighted by Gasteiger charge is 2.41. The number of likely N-dealkylation sites (tertiary alicyclic amines) is 1. The normalized spacial score (nSPS) is 26.1. The van der Waals surface area contributed by atoms with Crippen LogP contribution in [0.1, 0.15) is 33.1 Å². The molecule has 3 heterocycles. The van der Waals surface area contributed by atoms with Crippen LogP contribution in [-0.2, 0) is 0 Å². The van der Waals surface area contributed by atoms with Crippen molar-refractivity contribution in [1.29, 1.82) is 0 Å². The van der Waals surface area contributed by atoms with Gasteiger partial charge in [0.25, 0.3) is 0 Å². The average Bonchev–Trinajstić information content (AvgIpc) is 2.88. The molecule has 2 saturated heterocycles. The lowest BCUT2D eigenvalue weighted by atomic mass is 9.79. The van der Waals surface area contributed by atoms with Crippen LogP contribution in [0.2, 0.25) is 0 Å². The molecule has 22 heavy (non-hydrogen) atoms. The van der Waals surface area contributed by atoms with Crippen molar-refractivity contribution in [1.82, 2.24) is 14.9 Å². The summed E-state index contributed by atoms with van der Waals surface area (Å²) in [6.45, 7) is 10.5. The zero-order chi connectivity index (χ0) is 15.6. The van der Waals surface area contributed by atoms with Gasteiger partial charge in [-0.15, -0.1) is 0 Å². The van der Waals surface area contributed by atoms with Gasteiger partial charge in [-0.2, -0.15) is 0 Å². The lowest BCUT2D eigenvalue weighted by Crippen LogP contribution is -2.45. The van der Waals surface area contributed by atoms with E-state index in [1.165, 1.54) is 38.9 Å². The Hall–Kier alpha value is -1.36. The highest BCUT2D eigenvalue weighted by molar-refractivity contribution is 5.41. The molecule has 1 aromatic rings. The van der Waals surface area contributed by atoms with E-state index >= 15 is 0 Å². The Bertz CT molecular complexity index is 507. The van der Waals surface area contributed by atoms with Gasteiger partial charge in [-0.3, -0.25) is 0 Å². The second-order valence-corrected chi connectivity index (χ2v) is 7.32. The van der Waals surface area contributed by atoms with E-state index in [4.69, 9.17) is 4.74 Å². The molecule has 2 aliphatic rings. The van der Waals surface area contributed by atoms with Crippen molar-refractivity contribution in [2.45, 2.75) is 33.1 Å². The molecule has 2 aliphatic heterocycles. The molecule has 0 amide bonds. The summed E-state index contributed by atoms with van der Waals surface area (Å²) in [5, 5.41) is 0. The number of rotatable bonds is 4. The molecule has 122 valence electrons. The number of aromatic nitrogens is 2. The molecule has 0 saturated carbocycles. The first-order valence-electron chi connectivity index (χ1n) is 8.44. The molecule has 0 N–H and O–H groups in total. The molecule has 3 rings (SSSR count). The summed E-state index contributed by atoms with van der Waals surface area (Å²) in [6, 6.07) is 1.96. The SMILES string of the molecule is COc1cc(N2CCC[C@@]3(CCN(CC(C)C)C3)C2)ncn1. The van der Waals surface area contributed by atoms with Gasteiger partial charge in [0.05, 0.1) is 7.11 Å². The minimum absolute atomic E-state index is 0.450. The minimum Gasteiger partial charge on any atom is -0.481 e. The fraction of sp³-hybridized carbons (Fsp3) is 0.765. The second-order valence-electron chi connectivity index (χ2n) is 7.32. The van der Waals surface area contributed by atoms with Gasteiger partial charge in [-0.05, 0) is 31.7 Å². The van der Waals surface area contributed by atoms with Crippen LogP contribution in [0.5, 0.6) is 5.88 Å². The number of ether oxygens (including phenoxy) is 1. The predicted molar refractivity (Wildman–Crippen MR) is 88.4 cm³/mol. The van der Waals surface area contributed by atoms with Crippen molar-refractivity contribution in [2.24, 2.45) is 11.3 Å². The van der Waals surface area contributed by atoms with Crippen molar-refractivity contribution in [3.8, 4) is 5.88 Å². The Balaban J connectivity index is 1.69. The Labute approximate surface area is 133 Å². The third-order valence-corrected chi connectivity index (χ3v) is 4.96. The van der Waals surface area contributed by atoms with Crippen molar-refractivity contribution >= 4 is 5.82 Å². The molecule has 0 bridgehead atoms. The van der Waals surface area contributed by atoms with Gasteiger partial charge >= 0.3 is 0 Å². The van der Waals surface area contributed by atoms with Gasteiger partial charge in [0.15, 0.2) is 0 Å². The van der Waals surface area contributed by atoms with Crippen LogP contribution in [0.4, 0.5) is 5.82 Å². The molecule has 0 unspecified atom stereocenters. The van der Waals surface area contributed by atoms with Gasteiger partial charge in [-0.1, -0.05) is 13.8 Å². The monoisotopic (exact) mass is 304 g/mol. The highest BCUT2D eigenvalue weighted by Crippen LogP contribution is 2.40. The van der Waals surface area contributed by atoms with Crippen LogP contribution in [0.25, 0.3) is 0 Å². The maximum atomic E-state index is 5.24. The maximum Gasteiger partial charge on any atom is 0.218 e. The van der Waals surface area contributed by atoms with E-state index in [2.05, 4.69) is 33.6 Å². The fourth-order valence-electron chi connectivity index (χ4n) is 4.05. The first-order chi connectivity index (χ1) is 10.6. The molecule has 0 aliphatic carbocycles. The Morgan fingerprint density at radius 2 is 2.09 bits per heavy atom. The number of anilines is 1. The topological polar surface area (TPSA) is 41.5 Å². The van der Waals surface area contributed by atoms with Crippen LogP contribution in [0.15, 0.2) is 12.4 Å². The zero-order valence-corrected chi connectivity index (χ0v) is 14.1. The summed E-state index contributed by atoms with van der Waals surface area (Å²) in [5.41, 5.74) is 0.450. The number of nitrogens with zero attached hydrogens (tertiary/aromatic N) is 4. The van der Waals surface area contributed by atoms with Crippen LogP contribution < -0.4 is 9.64 Å². The summed E-state index contributed by atoms with van der Waals surface area (Å²) in [7, 11) is 1.66. The summed E-state index contributed by atoms with van der Waals surface area (Å²) in [6.07, 6.45) is 5.52. The Kier molecular flexibility index (Phi) is 4.52. The van der Waals surface area contributed by atoms with E-state index < -0.39 is 0 Å². The quantitative estimate of drug-likeness (QED) is 0.854. The van der Waals surface area contributed by atoms with E-state index in [0.29, 0.717) is 11.3 Å². The number of hydrogen-bond acceptors (Lipinski definition) is 5. The van der Waals surface area contributed by atoms with Gasteiger partial charge in [0, 0.05) is 37.7 Å². The van der Waals surface area contributed by atoms with Crippen LogP contribution in [0, 0.1) is 11.3 Å². The van der Waals surface area contributed by atoms with Crippen molar-refractivity contribution in [3.05, 3.63) is 12.4 Å². The molecular weight excluding hydrogens is 276 g/mol. The molecular formula is C17H28N4O.